The van der Waals surface area contributed by atoms with Gasteiger partial charge in [0.2, 0.25) is 0 Å². The largest absolute Gasteiger partial charge is 0.465 e. The summed E-state index contributed by atoms with van der Waals surface area (Å²) in [5, 5.41) is 4.63. The van der Waals surface area contributed by atoms with E-state index in [2.05, 4.69) is 5.32 Å². The molecule has 110 valence electrons. The topological polar surface area (TPSA) is 55.4 Å². The van der Waals surface area contributed by atoms with Gasteiger partial charge in [0.25, 0.3) is 5.91 Å². The number of nitrogens with one attached hydrogen (secondary N) is 1. The quantitative estimate of drug-likeness (QED) is 0.879. The van der Waals surface area contributed by atoms with Crippen molar-refractivity contribution < 1.29 is 14.3 Å². The summed E-state index contributed by atoms with van der Waals surface area (Å²) in [6, 6.07) is 5.52. The average molecular weight is 303 g/mol. The molecule has 1 N–H and O–H groups in total. The van der Waals surface area contributed by atoms with Crippen molar-refractivity contribution in [3.63, 3.8) is 0 Å². The minimum atomic E-state index is -0.441. The van der Waals surface area contributed by atoms with E-state index in [4.69, 9.17) is 4.74 Å². The maximum absolute atomic E-state index is 12.3. The fraction of sp³-hybridized carbons (Fsp3) is 0.250. The molecule has 0 aliphatic rings. The average Bonchev–Trinajstić information content (AvgIpc) is 2.82. The Balaban J connectivity index is 2.29. The molecule has 0 atom stereocenters. The molecule has 0 unspecified atom stereocenters. The molecule has 2 rings (SSSR count). The van der Waals surface area contributed by atoms with Gasteiger partial charge in [-0.3, -0.25) is 4.79 Å². The van der Waals surface area contributed by atoms with E-state index in [0.29, 0.717) is 16.1 Å². The van der Waals surface area contributed by atoms with E-state index in [9.17, 15) is 9.59 Å². The number of benzene rings is 1. The van der Waals surface area contributed by atoms with Gasteiger partial charge in [-0.15, -0.1) is 11.3 Å². The van der Waals surface area contributed by atoms with Gasteiger partial charge < -0.3 is 10.1 Å². The van der Waals surface area contributed by atoms with Crippen LogP contribution >= 0.6 is 11.3 Å². The third-order valence-electron chi connectivity index (χ3n) is 3.35. The van der Waals surface area contributed by atoms with Crippen LogP contribution in [0.5, 0.6) is 0 Å². The SMILES string of the molecule is COC(=O)c1scc(C)c1NC(=O)c1ccc(C)c(C)c1. The zero-order chi connectivity index (χ0) is 15.6. The van der Waals surface area contributed by atoms with Gasteiger partial charge in [0.05, 0.1) is 12.8 Å². The first-order valence-electron chi connectivity index (χ1n) is 6.49. The van der Waals surface area contributed by atoms with Gasteiger partial charge in [-0.25, -0.2) is 4.79 Å². The van der Waals surface area contributed by atoms with E-state index in [1.165, 1.54) is 18.4 Å². The summed E-state index contributed by atoms with van der Waals surface area (Å²) in [7, 11) is 1.33. The monoisotopic (exact) mass is 303 g/mol. The second kappa shape index (κ2) is 6.10. The highest BCUT2D eigenvalue weighted by Gasteiger charge is 2.19. The van der Waals surface area contributed by atoms with Gasteiger partial charge in [-0.1, -0.05) is 6.07 Å². The van der Waals surface area contributed by atoms with Crippen molar-refractivity contribution in [1.29, 1.82) is 0 Å². The number of thiophene rings is 1. The maximum Gasteiger partial charge on any atom is 0.350 e. The summed E-state index contributed by atoms with van der Waals surface area (Å²) < 4.78 is 4.73. The lowest BCUT2D eigenvalue weighted by Crippen LogP contribution is -2.15. The van der Waals surface area contributed by atoms with Crippen LogP contribution in [0.15, 0.2) is 23.6 Å². The van der Waals surface area contributed by atoms with Gasteiger partial charge in [0.15, 0.2) is 0 Å². The van der Waals surface area contributed by atoms with Gasteiger partial charge in [-0.2, -0.15) is 0 Å². The van der Waals surface area contributed by atoms with E-state index in [-0.39, 0.29) is 5.91 Å². The summed E-state index contributed by atoms with van der Waals surface area (Å²) in [5.41, 5.74) is 4.12. The van der Waals surface area contributed by atoms with Crippen LogP contribution in [0.4, 0.5) is 5.69 Å². The van der Waals surface area contributed by atoms with Crippen LogP contribution in [-0.2, 0) is 4.74 Å². The zero-order valence-corrected chi connectivity index (χ0v) is 13.3. The van der Waals surface area contributed by atoms with E-state index in [1.807, 2.05) is 38.3 Å². The molecule has 0 aliphatic heterocycles. The Bertz CT molecular complexity index is 704. The first kappa shape index (κ1) is 15.3. The standard InChI is InChI=1S/C16H17NO3S/c1-9-5-6-12(7-10(9)2)15(18)17-13-11(3)8-21-14(13)16(19)20-4/h5-8H,1-4H3,(H,17,18). The Morgan fingerprint density at radius 2 is 1.81 bits per heavy atom. The predicted molar refractivity (Wildman–Crippen MR) is 84.3 cm³/mol. The van der Waals surface area contributed by atoms with Crippen molar-refractivity contribution in [3.05, 3.63) is 50.7 Å². The molecule has 21 heavy (non-hydrogen) atoms. The number of ether oxygens (including phenoxy) is 1. The number of aryl methyl sites for hydroxylation is 3. The molecular formula is C16H17NO3S. The Morgan fingerprint density at radius 1 is 1.10 bits per heavy atom. The smallest absolute Gasteiger partial charge is 0.350 e. The lowest BCUT2D eigenvalue weighted by molar-refractivity contribution is 0.0607. The van der Waals surface area contributed by atoms with Crippen LogP contribution in [0, 0.1) is 20.8 Å². The van der Waals surface area contributed by atoms with E-state index in [0.717, 1.165) is 16.7 Å². The van der Waals surface area contributed by atoms with Crippen molar-refractivity contribution in [2.45, 2.75) is 20.8 Å². The second-order valence-electron chi connectivity index (χ2n) is 4.87. The fourth-order valence-electron chi connectivity index (χ4n) is 1.91. The molecule has 0 aliphatic carbocycles. The Labute approximate surface area is 127 Å². The van der Waals surface area contributed by atoms with Crippen LogP contribution in [0.2, 0.25) is 0 Å². The summed E-state index contributed by atoms with van der Waals surface area (Å²) >= 11 is 1.26. The number of hydrogen-bond acceptors (Lipinski definition) is 4. The highest BCUT2D eigenvalue weighted by atomic mass is 32.1. The molecule has 0 bridgehead atoms. The number of amides is 1. The fourth-order valence-corrected chi connectivity index (χ4v) is 2.83. The highest BCUT2D eigenvalue weighted by Crippen LogP contribution is 2.28. The molecule has 0 radical (unpaired) electrons. The molecule has 0 fully saturated rings. The Hall–Kier alpha value is -2.14. The lowest BCUT2D eigenvalue weighted by Gasteiger charge is -2.09. The van der Waals surface area contributed by atoms with Crippen LogP contribution in [0.1, 0.15) is 36.7 Å². The first-order valence-corrected chi connectivity index (χ1v) is 7.37. The number of anilines is 1. The number of rotatable bonds is 3. The third kappa shape index (κ3) is 3.13. The Kier molecular flexibility index (Phi) is 4.43. The van der Waals surface area contributed by atoms with Gasteiger partial charge >= 0.3 is 5.97 Å². The molecule has 1 heterocycles. The van der Waals surface area contributed by atoms with Crippen molar-refractivity contribution in [1.82, 2.24) is 0 Å². The summed E-state index contributed by atoms with van der Waals surface area (Å²) in [6.45, 7) is 5.80. The molecule has 1 aromatic carbocycles. The summed E-state index contributed by atoms with van der Waals surface area (Å²) in [5.74, 6) is -0.673. The molecule has 4 nitrogen and oxygen atoms in total. The number of carbonyl (C=O) groups is 2. The summed E-state index contributed by atoms with van der Waals surface area (Å²) in [6.07, 6.45) is 0. The lowest BCUT2D eigenvalue weighted by atomic mass is 10.1. The number of esters is 1. The molecule has 0 saturated heterocycles. The third-order valence-corrected chi connectivity index (χ3v) is 4.43. The molecule has 5 heteroatoms. The van der Waals surface area contributed by atoms with E-state index < -0.39 is 5.97 Å². The van der Waals surface area contributed by atoms with E-state index >= 15 is 0 Å². The molecule has 1 amide bonds. The minimum absolute atomic E-state index is 0.232. The van der Waals surface area contributed by atoms with E-state index in [1.54, 1.807) is 6.07 Å². The van der Waals surface area contributed by atoms with Crippen molar-refractivity contribution in [2.75, 3.05) is 12.4 Å². The van der Waals surface area contributed by atoms with Crippen LogP contribution in [0.25, 0.3) is 0 Å². The number of methoxy groups -OCH3 is 1. The Morgan fingerprint density at radius 3 is 2.43 bits per heavy atom. The molecular weight excluding hydrogens is 286 g/mol. The van der Waals surface area contributed by atoms with Crippen molar-refractivity contribution >= 4 is 28.9 Å². The van der Waals surface area contributed by atoms with Gasteiger partial charge in [-0.05, 0) is 55.0 Å². The van der Waals surface area contributed by atoms with Crippen molar-refractivity contribution in [3.8, 4) is 0 Å². The van der Waals surface area contributed by atoms with Gasteiger partial charge in [0.1, 0.15) is 4.88 Å². The molecule has 0 spiro atoms. The van der Waals surface area contributed by atoms with Crippen LogP contribution in [0.3, 0.4) is 0 Å². The second-order valence-corrected chi connectivity index (χ2v) is 5.75. The molecule has 0 saturated carbocycles. The molecule has 2 aromatic rings. The van der Waals surface area contributed by atoms with Crippen molar-refractivity contribution in [2.24, 2.45) is 0 Å². The minimum Gasteiger partial charge on any atom is -0.465 e. The first-order chi connectivity index (χ1) is 9.93. The normalized spacial score (nSPS) is 10.3. The van der Waals surface area contributed by atoms with Crippen LogP contribution in [-0.4, -0.2) is 19.0 Å². The van der Waals surface area contributed by atoms with Crippen LogP contribution < -0.4 is 5.32 Å². The highest BCUT2D eigenvalue weighted by molar-refractivity contribution is 7.12. The number of hydrogen-bond donors (Lipinski definition) is 1. The summed E-state index contributed by atoms with van der Waals surface area (Å²) in [4.78, 5) is 24.4. The predicted octanol–water partition coefficient (Wildman–Crippen LogP) is 3.71. The zero-order valence-electron chi connectivity index (χ0n) is 12.4. The van der Waals surface area contributed by atoms with Gasteiger partial charge in [0, 0.05) is 5.56 Å². The maximum atomic E-state index is 12.3. The molecule has 1 aromatic heterocycles. The number of carbonyl (C=O) groups excluding carboxylic acids is 2.